The van der Waals surface area contributed by atoms with Crippen LogP contribution in [-0.4, -0.2) is 23.0 Å². The fraction of sp³-hybridized carbons (Fsp3) is 0.0625. The minimum atomic E-state index is -0.592. The molecule has 0 aliphatic carbocycles. The second kappa shape index (κ2) is 5.80. The average Bonchev–Trinajstić information content (AvgIpc) is 3.01. The molecule has 23 heavy (non-hydrogen) atoms. The summed E-state index contributed by atoms with van der Waals surface area (Å²) in [5.41, 5.74) is 0.873. The zero-order chi connectivity index (χ0) is 16.4. The standard InChI is InChI=1S/C16H12N2O5/c1-22-16(19)11-2-5-14(18(20)21)15(9-11)23-12-3-4-13-10(8-12)6-7-17-13/h2-9,17H,1H3. The Kier molecular flexibility index (Phi) is 3.68. The van der Waals surface area contributed by atoms with E-state index in [-0.39, 0.29) is 17.0 Å². The fourth-order valence-electron chi connectivity index (χ4n) is 2.21. The lowest BCUT2D eigenvalue weighted by atomic mass is 10.2. The maximum Gasteiger partial charge on any atom is 0.337 e. The first-order chi connectivity index (χ1) is 11.1. The Morgan fingerprint density at radius 1 is 1.17 bits per heavy atom. The Labute approximate surface area is 130 Å². The number of nitrogens with one attached hydrogen (secondary N) is 1. The number of methoxy groups -OCH3 is 1. The van der Waals surface area contributed by atoms with Crippen molar-refractivity contribution in [1.82, 2.24) is 4.98 Å². The van der Waals surface area contributed by atoms with E-state index >= 15 is 0 Å². The van der Waals surface area contributed by atoms with E-state index in [9.17, 15) is 14.9 Å². The molecule has 0 aliphatic heterocycles. The van der Waals surface area contributed by atoms with Gasteiger partial charge in [-0.05, 0) is 30.3 Å². The van der Waals surface area contributed by atoms with Crippen molar-refractivity contribution in [3.05, 3.63) is 64.3 Å². The summed E-state index contributed by atoms with van der Waals surface area (Å²) in [6, 6.07) is 10.9. The predicted octanol–water partition coefficient (Wildman–Crippen LogP) is 3.66. The number of fused-ring (bicyclic) bond motifs is 1. The second-order valence-electron chi connectivity index (χ2n) is 4.76. The third kappa shape index (κ3) is 2.84. The molecule has 116 valence electrons. The summed E-state index contributed by atoms with van der Waals surface area (Å²) in [5, 5.41) is 12.0. The Balaban J connectivity index is 2.01. The van der Waals surface area contributed by atoms with Gasteiger partial charge in [0.1, 0.15) is 5.75 Å². The number of esters is 1. The highest BCUT2D eigenvalue weighted by Gasteiger charge is 2.19. The lowest BCUT2D eigenvalue weighted by molar-refractivity contribution is -0.385. The van der Waals surface area contributed by atoms with Crippen LogP contribution < -0.4 is 4.74 Å². The maximum atomic E-state index is 11.6. The zero-order valence-electron chi connectivity index (χ0n) is 12.1. The number of hydrogen-bond donors (Lipinski definition) is 1. The van der Waals surface area contributed by atoms with E-state index in [1.165, 1.54) is 25.3 Å². The Morgan fingerprint density at radius 3 is 2.74 bits per heavy atom. The molecule has 0 fully saturated rings. The highest BCUT2D eigenvalue weighted by Crippen LogP contribution is 2.33. The molecule has 0 aliphatic rings. The second-order valence-corrected chi connectivity index (χ2v) is 4.76. The van der Waals surface area contributed by atoms with Gasteiger partial charge in [-0.1, -0.05) is 0 Å². The third-order valence-corrected chi connectivity index (χ3v) is 3.33. The minimum absolute atomic E-state index is 0.0206. The van der Waals surface area contributed by atoms with Crippen molar-refractivity contribution in [2.45, 2.75) is 0 Å². The van der Waals surface area contributed by atoms with E-state index in [1.54, 1.807) is 24.4 Å². The van der Waals surface area contributed by atoms with E-state index in [1.807, 2.05) is 6.07 Å². The largest absolute Gasteiger partial charge is 0.465 e. The van der Waals surface area contributed by atoms with Gasteiger partial charge in [0.2, 0.25) is 5.75 Å². The number of nitro groups is 1. The molecule has 0 saturated carbocycles. The number of nitro benzene ring substituents is 1. The van der Waals surface area contributed by atoms with Gasteiger partial charge in [0, 0.05) is 29.2 Å². The zero-order valence-corrected chi connectivity index (χ0v) is 12.1. The number of carbonyl (C=O) groups is 1. The van der Waals surface area contributed by atoms with E-state index in [4.69, 9.17) is 4.74 Å². The molecule has 0 spiro atoms. The molecule has 0 atom stereocenters. The summed E-state index contributed by atoms with van der Waals surface area (Å²) < 4.78 is 10.2. The molecule has 7 heteroatoms. The summed E-state index contributed by atoms with van der Waals surface area (Å²) in [7, 11) is 1.24. The van der Waals surface area contributed by atoms with Gasteiger partial charge in [-0.3, -0.25) is 10.1 Å². The number of nitrogens with zero attached hydrogens (tertiary/aromatic N) is 1. The van der Waals surface area contributed by atoms with Crippen LogP contribution in [-0.2, 0) is 4.74 Å². The number of aromatic nitrogens is 1. The summed E-state index contributed by atoms with van der Waals surface area (Å²) in [5.74, 6) is -0.180. The highest BCUT2D eigenvalue weighted by atomic mass is 16.6. The van der Waals surface area contributed by atoms with Gasteiger partial charge in [-0.25, -0.2) is 4.79 Å². The molecule has 7 nitrogen and oxygen atoms in total. The molecule has 1 N–H and O–H groups in total. The molecule has 0 saturated heterocycles. The maximum absolute atomic E-state index is 11.6. The Morgan fingerprint density at radius 2 is 2.00 bits per heavy atom. The van der Waals surface area contributed by atoms with Gasteiger partial charge in [0.15, 0.2) is 0 Å². The first kappa shape index (κ1) is 14.6. The first-order valence-electron chi connectivity index (χ1n) is 6.70. The third-order valence-electron chi connectivity index (χ3n) is 3.33. The van der Waals surface area contributed by atoms with Crippen molar-refractivity contribution >= 4 is 22.6 Å². The van der Waals surface area contributed by atoms with E-state index in [0.717, 1.165) is 10.9 Å². The van der Waals surface area contributed by atoms with Crippen LogP contribution in [0.4, 0.5) is 5.69 Å². The van der Waals surface area contributed by atoms with Crippen molar-refractivity contribution < 1.29 is 19.2 Å². The molecule has 0 unspecified atom stereocenters. The monoisotopic (exact) mass is 312 g/mol. The van der Waals surface area contributed by atoms with Gasteiger partial charge >= 0.3 is 11.7 Å². The van der Waals surface area contributed by atoms with Gasteiger partial charge in [-0.2, -0.15) is 0 Å². The van der Waals surface area contributed by atoms with E-state index in [2.05, 4.69) is 9.72 Å². The number of H-pyrrole nitrogens is 1. The van der Waals surface area contributed by atoms with Crippen LogP contribution in [0.1, 0.15) is 10.4 Å². The Bertz CT molecular complexity index is 900. The molecule has 0 radical (unpaired) electrons. The summed E-state index contributed by atoms with van der Waals surface area (Å²) in [6.45, 7) is 0. The molecular weight excluding hydrogens is 300 g/mol. The number of carbonyl (C=O) groups excluding carboxylic acids is 1. The smallest absolute Gasteiger partial charge is 0.337 e. The van der Waals surface area contributed by atoms with Crippen LogP contribution >= 0.6 is 0 Å². The molecule has 3 rings (SSSR count). The molecule has 1 heterocycles. The summed E-state index contributed by atoms with van der Waals surface area (Å²) in [4.78, 5) is 25.2. The van der Waals surface area contributed by atoms with Gasteiger partial charge in [0.25, 0.3) is 0 Å². The van der Waals surface area contributed by atoms with E-state index in [0.29, 0.717) is 5.75 Å². The molecule has 3 aromatic rings. The normalized spacial score (nSPS) is 10.5. The van der Waals surface area contributed by atoms with Crippen molar-refractivity contribution in [1.29, 1.82) is 0 Å². The van der Waals surface area contributed by atoms with Crippen LogP contribution in [0.15, 0.2) is 48.7 Å². The number of ether oxygens (including phenoxy) is 2. The predicted molar refractivity (Wildman–Crippen MR) is 82.8 cm³/mol. The molecule has 2 aromatic carbocycles. The Hall–Kier alpha value is -3.35. The fourth-order valence-corrected chi connectivity index (χ4v) is 2.21. The molecular formula is C16H12N2O5. The summed E-state index contributed by atoms with van der Waals surface area (Å²) in [6.07, 6.45) is 1.79. The number of aromatic amines is 1. The number of benzene rings is 2. The molecule has 1 aromatic heterocycles. The van der Waals surface area contributed by atoms with Crippen molar-refractivity contribution in [3.63, 3.8) is 0 Å². The van der Waals surface area contributed by atoms with Crippen LogP contribution in [0.3, 0.4) is 0 Å². The van der Waals surface area contributed by atoms with Crippen molar-refractivity contribution in [2.75, 3.05) is 7.11 Å². The molecule has 0 amide bonds. The number of hydrogen-bond acceptors (Lipinski definition) is 5. The van der Waals surface area contributed by atoms with Gasteiger partial charge in [-0.15, -0.1) is 0 Å². The van der Waals surface area contributed by atoms with Crippen LogP contribution in [0, 0.1) is 10.1 Å². The van der Waals surface area contributed by atoms with E-state index < -0.39 is 10.9 Å². The van der Waals surface area contributed by atoms with Gasteiger partial charge < -0.3 is 14.5 Å². The lowest BCUT2D eigenvalue weighted by Gasteiger charge is -2.08. The summed E-state index contributed by atoms with van der Waals surface area (Å²) >= 11 is 0. The quantitative estimate of drug-likeness (QED) is 0.451. The first-order valence-corrected chi connectivity index (χ1v) is 6.70. The van der Waals surface area contributed by atoms with Crippen molar-refractivity contribution in [2.24, 2.45) is 0 Å². The highest BCUT2D eigenvalue weighted by molar-refractivity contribution is 5.90. The SMILES string of the molecule is COC(=O)c1ccc([N+](=O)[O-])c(Oc2ccc3[nH]ccc3c2)c1. The number of rotatable bonds is 4. The lowest BCUT2D eigenvalue weighted by Crippen LogP contribution is -2.02. The van der Waals surface area contributed by atoms with Crippen LogP contribution in [0.5, 0.6) is 11.5 Å². The topological polar surface area (TPSA) is 94.5 Å². The average molecular weight is 312 g/mol. The van der Waals surface area contributed by atoms with Crippen LogP contribution in [0.25, 0.3) is 10.9 Å². The van der Waals surface area contributed by atoms with Gasteiger partial charge in [0.05, 0.1) is 17.6 Å². The van der Waals surface area contributed by atoms with Crippen molar-refractivity contribution in [3.8, 4) is 11.5 Å². The molecule has 0 bridgehead atoms. The van der Waals surface area contributed by atoms with Crippen LogP contribution in [0.2, 0.25) is 0 Å². The minimum Gasteiger partial charge on any atom is -0.465 e.